The number of benzene rings is 3. The van der Waals surface area contributed by atoms with Crippen LogP contribution in [-0.2, 0) is 11.2 Å². The van der Waals surface area contributed by atoms with Gasteiger partial charge in [-0.1, -0.05) is 18.2 Å². The number of methoxy groups -OCH3 is 1. The monoisotopic (exact) mass is 476 g/mol. The number of nitrogens with zero attached hydrogens (tertiary/aromatic N) is 2. The van der Waals surface area contributed by atoms with Gasteiger partial charge in [-0.15, -0.1) is 11.8 Å². The molecule has 1 heterocycles. The van der Waals surface area contributed by atoms with Gasteiger partial charge in [-0.3, -0.25) is 4.79 Å². The fourth-order valence-electron chi connectivity index (χ4n) is 3.55. The lowest BCUT2D eigenvalue weighted by Gasteiger charge is -2.14. The predicted molar refractivity (Wildman–Crippen MR) is 131 cm³/mol. The summed E-state index contributed by atoms with van der Waals surface area (Å²) in [6, 6.07) is 19.5. The Balaban J connectivity index is 1.89. The number of carboxylic acids is 1. The molecule has 0 aliphatic heterocycles. The number of aromatic nitrogens is 2. The molecule has 1 aromatic heterocycles. The first-order valence-electron chi connectivity index (χ1n) is 10.0. The van der Waals surface area contributed by atoms with E-state index >= 15 is 0 Å². The quantitative estimate of drug-likeness (QED) is 0.207. The molecular formula is C25H20N2O4S2. The molecule has 0 saturated heterocycles. The van der Waals surface area contributed by atoms with Gasteiger partial charge in [-0.05, 0) is 65.9 Å². The number of hydrogen-bond donors (Lipinski definition) is 1. The van der Waals surface area contributed by atoms with Crippen molar-refractivity contribution < 1.29 is 19.4 Å². The van der Waals surface area contributed by atoms with Gasteiger partial charge in [0.1, 0.15) is 16.8 Å². The molecule has 4 aromatic rings. The first kappa shape index (κ1) is 22.7. The molecule has 0 aliphatic rings. The van der Waals surface area contributed by atoms with E-state index in [1.807, 2.05) is 30.5 Å². The summed E-state index contributed by atoms with van der Waals surface area (Å²) in [6.45, 7) is 0. The van der Waals surface area contributed by atoms with Gasteiger partial charge in [-0.25, -0.2) is 4.79 Å². The van der Waals surface area contributed by atoms with E-state index in [-0.39, 0.29) is 23.4 Å². The summed E-state index contributed by atoms with van der Waals surface area (Å²) in [4.78, 5) is 27.2. The van der Waals surface area contributed by atoms with Gasteiger partial charge < -0.3 is 9.84 Å². The first-order valence-corrected chi connectivity index (χ1v) is 12.0. The zero-order valence-electron chi connectivity index (χ0n) is 17.9. The lowest BCUT2D eigenvalue weighted by Crippen LogP contribution is -2.14. The summed E-state index contributed by atoms with van der Waals surface area (Å²) in [5.74, 6) is -0.876. The van der Waals surface area contributed by atoms with Gasteiger partial charge in [0.15, 0.2) is 5.78 Å². The maximum Gasteiger partial charge on any atom is 0.336 e. The molecule has 0 bridgehead atoms. The number of carbonyl (C=O) groups excluding carboxylic acids is 1. The Morgan fingerprint density at radius 1 is 0.970 bits per heavy atom. The van der Waals surface area contributed by atoms with Crippen LogP contribution in [0.25, 0.3) is 16.6 Å². The van der Waals surface area contributed by atoms with Gasteiger partial charge in [-0.2, -0.15) is 8.75 Å². The Kier molecular flexibility index (Phi) is 6.86. The van der Waals surface area contributed by atoms with Crippen molar-refractivity contribution in [3.63, 3.8) is 0 Å². The zero-order chi connectivity index (χ0) is 23.4. The molecular weight excluding hydrogens is 456 g/mol. The number of fused-ring (bicyclic) bond motifs is 1. The topological polar surface area (TPSA) is 89.4 Å². The Morgan fingerprint density at radius 2 is 1.70 bits per heavy atom. The van der Waals surface area contributed by atoms with Gasteiger partial charge >= 0.3 is 5.97 Å². The van der Waals surface area contributed by atoms with Crippen molar-refractivity contribution in [2.24, 2.45) is 0 Å². The number of allylic oxidation sites excluding steroid dienone is 1. The number of carboxylic acid groups (broad SMARTS) is 1. The standard InChI is InChI=1S/C25H20N2O4S2/c1-31-18-5-3-4-15(12-18)13-20(24(28)16-6-9-19(32-2)10-7-16)23(25(29)30)17-8-11-21-22(14-17)27-33-26-21/h3-12,14H,13H2,1-2H3,(H,29,30)/b23-20+. The zero-order valence-corrected chi connectivity index (χ0v) is 19.6. The Labute approximate surface area is 199 Å². The van der Waals surface area contributed by atoms with E-state index in [1.54, 1.807) is 61.3 Å². The summed E-state index contributed by atoms with van der Waals surface area (Å²) in [7, 11) is 1.56. The van der Waals surface area contributed by atoms with Crippen LogP contribution in [0, 0.1) is 0 Å². The number of thioether (sulfide) groups is 1. The van der Waals surface area contributed by atoms with Crippen LogP contribution in [0.2, 0.25) is 0 Å². The number of ether oxygens (including phenoxy) is 1. The molecule has 0 atom stereocenters. The van der Waals surface area contributed by atoms with Crippen LogP contribution in [0.1, 0.15) is 21.5 Å². The van der Waals surface area contributed by atoms with E-state index in [1.165, 1.54) is 0 Å². The number of carbonyl (C=O) groups is 2. The number of ketones is 1. The van der Waals surface area contributed by atoms with Crippen LogP contribution in [0.15, 0.2) is 77.2 Å². The predicted octanol–water partition coefficient (Wildman–Crippen LogP) is 5.39. The van der Waals surface area contributed by atoms with Gasteiger partial charge in [0, 0.05) is 22.5 Å². The second-order valence-corrected chi connectivity index (χ2v) is 8.62. The highest BCUT2D eigenvalue weighted by Gasteiger charge is 2.24. The average molecular weight is 477 g/mol. The van der Waals surface area contributed by atoms with Crippen LogP contribution in [0.4, 0.5) is 0 Å². The third kappa shape index (κ3) is 4.97. The fourth-order valence-corrected chi connectivity index (χ4v) is 4.48. The summed E-state index contributed by atoms with van der Waals surface area (Å²) in [6.07, 6.45) is 2.09. The largest absolute Gasteiger partial charge is 0.497 e. The molecule has 0 amide bonds. The number of Topliss-reactive ketones (excluding diaryl/α,β-unsaturated/α-hetero) is 1. The molecule has 4 rings (SSSR count). The van der Waals surface area contributed by atoms with Crippen molar-refractivity contribution in [1.29, 1.82) is 0 Å². The van der Waals surface area contributed by atoms with Crippen LogP contribution in [0.5, 0.6) is 5.75 Å². The molecule has 0 unspecified atom stereocenters. The molecule has 3 aromatic carbocycles. The van der Waals surface area contributed by atoms with Crippen molar-refractivity contribution in [2.75, 3.05) is 13.4 Å². The van der Waals surface area contributed by atoms with Crippen molar-refractivity contribution in [3.05, 3.63) is 89.0 Å². The minimum absolute atomic E-state index is 0.0494. The molecule has 0 aliphatic carbocycles. The third-order valence-electron chi connectivity index (χ3n) is 5.20. The summed E-state index contributed by atoms with van der Waals surface area (Å²) < 4.78 is 13.7. The van der Waals surface area contributed by atoms with E-state index in [0.717, 1.165) is 22.2 Å². The summed E-state index contributed by atoms with van der Waals surface area (Å²) >= 11 is 2.63. The van der Waals surface area contributed by atoms with E-state index in [9.17, 15) is 14.7 Å². The van der Waals surface area contributed by atoms with E-state index < -0.39 is 5.97 Å². The lowest BCUT2D eigenvalue weighted by atomic mass is 9.89. The summed E-state index contributed by atoms with van der Waals surface area (Å²) in [5.41, 5.74) is 3.03. The Morgan fingerprint density at radius 3 is 2.39 bits per heavy atom. The Hall–Kier alpha value is -3.49. The molecule has 0 spiro atoms. The van der Waals surface area contributed by atoms with Crippen molar-refractivity contribution >= 4 is 51.8 Å². The van der Waals surface area contributed by atoms with Crippen molar-refractivity contribution in [2.45, 2.75) is 11.3 Å². The van der Waals surface area contributed by atoms with Crippen LogP contribution in [-0.4, -0.2) is 39.0 Å². The van der Waals surface area contributed by atoms with Gasteiger partial charge in [0.05, 0.1) is 24.4 Å². The minimum Gasteiger partial charge on any atom is -0.497 e. The molecule has 166 valence electrons. The van der Waals surface area contributed by atoms with Crippen molar-refractivity contribution in [3.8, 4) is 5.75 Å². The van der Waals surface area contributed by atoms with Crippen LogP contribution >= 0.6 is 23.5 Å². The number of aliphatic carboxylic acids is 1. The average Bonchev–Trinajstić information content (AvgIpc) is 3.31. The molecule has 6 nitrogen and oxygen atoms in total. The Bertz CT molecular complexity index is 1360. The smallest absolute Gasteiger partial charge is 0.336 e. The number of rotatable bonds is 8. The highest BCUT2D eigenvalue weighted by Crippen LogP contribution is 2.29. The molecule has 0 radical (unpaired) electrons. The molecule has 33 heavy (non-hydrogen) atoms. The SMILES string of the molecule is COc1cccc(C/C(C(=O)c2ccc(SC)cc2)=C(\C(=O)O)c2ccc3nsnc3c2)c1. The third-order valence-corrected chi connectivity index (χ3v) is 6.50. The van der Waals surface area contributed by atoms with E-state index in [4.69, 9.17) is 4.74 Å². The van der Waals surface area contributed by atoms with E-state index in [2.05, 4.69) is 8.75 Å². The minimum atomic E-state index is -1.18. The first-order chi connectivity index (χ1) is 16.0. The highest BCUT2D eigenvalue weighted by molar-refractivity contribution is 7.98. The second-order valence-electron chi connectivity index (χ2n) is 7.21. The second kappa shape index (κ2) is 9.97. The normalized spacial score (nSPS) is 11.8. The highest BCUT2D eigenvalue weighted by atomic mass is 32.2. The maximum absolute atomic E-state index is 13.7. The molecule has 1 N–H and O–H groups in total. The van der Waals surface area contributed by atoms with Gasteiger partial charge in [0.25, 0.3) is 0 Å². The molecule has 0 saturated carbocycles. The van der Waals surface area contributed by atoms with Gasteiger partial charge in [0.2, 0.25) is 0 Å². The van der Waals surface area contributed by atoms with Crippen LogP contribution in [0.3, 0.4) is 0 Å². The molecule has 0 fully saturated rings. The lowest BCUT2D eigenvalue weighted by molar-refractivity contribution is -0.130. The molecule has 8 heteroatoms. The van der Waals surface area contributed by atoms with Crippen molar-refractivity contribution in [1.82, 2.24) is 8.75 Å². The number of hydrogen-bond acceptors (Lipinski definition) is 7. The van der Waals surface area contributed by atoms with E-state index in [0.29, 0.717) is 27.9 Å². The summed E-state index contributed by atoms with van der Waals surface area (Å²) in [5, 5.41) is 10.2. The van der Waals surface area contributed by atoms with Crippen LogP contribution < -0.4 is 4.74 Å². The maximum atomic E-state index is 13.7. The fraction of sp³-hybridized carbons (Fsp3) is 0.120.